The highest BCUT2D eigenvalue weighted by Crippen LogP contribution is 2.26. The molecule has 0 heterocycles. The van der Waals surface area contributed by atoms with Crippen molar-refractivity contribution in [1.82, 2.24) is 0 Å². The van der Waals surface area contributed by atoms with Crippen molar-refractivity contribution in [3.63, 3.8) is 0 Å². The molecule has 0 unspecified atom stereocenters. The van der Waals surface area contributed by atoms with Crippen LogP contribution in [0.4, 0.5) is 11.4 Å². The molecule has 1 amide bonds. The largest absolute Gasteiger partial charge is 0.483 e. The topological polar surface area (TPSA) is 50.4 Å². The molecule has 0 aliphatic heterocycles. The van der Waals surface area contributed by atoms with E-state index in [1.54, 1.807) is 0 Å². The maximum absolute atomic E-state index is 12.3. The third kappa shape index (κ3) is 6.10. The average molecular weight is 467 g/mol. The number of benzene rings is 3. The average Bonchev–Trinajstić information content (AvgIpc) is 2.74. The van der Waals surface area contributed by atoms with Crippen LogP contribution >= 0.6 is 15.9 Å². The quantitative estimate of drug-likeness (QED) is 0.411. The number of carbonyl (C=O) groups is 1. The molecular weight excluding hydrogens is 440 g/mol. The number of anilines is 2. The summed E-state index contributed by atoms with van der Waals surface area (Å²) in [5.74, 6) is 0.457. The molecule has 30 heavy (non-hydrogen) atoms. The minimum Gasteiger partial charge on any atom is -0.483 e. The van der Waals surface area contributed by atoms with Crippen molar-refractivity contribution in [3.05, 3.63) is 87.4 Å². The lowest BCUT2D eigenvalue weighted by atomic mass is 10.1. The normalized spacial score (nSPS) is 10.5. The Hall–Kier alpha value is -2.79. The predicted octanol–water partition coefficient (Wildman–Crippen LogP) is 6.26. The number of aryl methyl sites for hydroxylation is 3. The van der Waals surface area contributed by atoms with Gasteiger partial charge in [0.05, 0.1) is 4.47 Å². The Labute approximate surface area is 186 Å². The highest BCUT2D eigenvalue weighted by molar-refractivity contribution is 9.10. The van der Waals surface area contributed by atoms with Gasteiger partial charge in [0.25, 0.3) is 5.91 Å². The van der Waals surface area contributed by atoms with Gasteiger partial charge < -0.3 is 15.4 Å². The lowest BCUT2D eigenvalue weighted by Gasteiger charge is -2.12. The first kappa shape index (κ1) is 21.9. The van der Waals surface area contributed by atoms with Gasteiger partial charge in [0.2, 0.25) is 0 Å². The van der Waals surface area contributed by atoms with Gasteiger partial charge >= 0.3 is 0 Å². The van der Waals surface area contributed by atoms with E-state index >= 15 is 0 Å². The monoisotopic (exact) mass is 466 g/mol. The fourth-order valence-electron chi connectivity index (χ4n) is 3.03. The molecule has 0 bridgehead atoms. The maximum Gasteiger partial charge on any atom is 0.262 e. The molecule has 4 nitrogen and oxygen atoms in total. The molecule has 0 saturated heterocycles. The number of hydrogen-bond donors (Lipinski definition) is 2. The highest BCUT2D eigenvalue weighted by Gasteiger charge is 2.09. The van der Waals surface area contributed by atoms with Crippen LogP contribution in [0.3, 0.4) is 0 Å². The molecule has 0 spiro atoms. The molecule has 156 valence electrons. The van der Waals surface area contributed by atoms with Gasteiger partial charge in [-0.25, -0.2) is 0 Å². The van der Waals surface area contributed by atoms with Crippen LogP contribution in [-0.4, -0.2) is 12.5 Å². The van der Waals surface area contributed by atoms with E-state index in [2.05, 4.69) is 57.8 Å². The van der Waals surface area contributed by atoms with Crippen LogP contribution in [-0.2, 0) is 17.8 Å². The Morgan fingerprint density at radius 2 is 1.70 bits per heavy atom. The molecule has 2 N–H and O–H groups in total. The smallest absolute Gasteiger partial charge is 0.262 e. The molecule has 3 rings (SSSR count). The Morgan fingerprint density at radius 1 is 0.967 bits per heavy atom. The van der Waals surface area contributed by atoms with Gasteiger partial charge in [0.1, 0.15) is 5.75 Å². The van der Waals surface area contributed by atoms with Crippen molar-refractivity contribution in [1.29, 1.82) is 0 Å². The maximum atomic E-state index is 12.3. The van der Waals surface area contributed by atoms with Crippen LogP contribution in [0.25, 0.3) is 0 Å². The zero-order valence-corrected chi connectivity index (χ0v) is 19.2. The second-order valence-corrected chi connectivity index (χ2v) is 8.18. The van der Waals surface area contributed by atoms with Crippen molar-refractivity contribution in [2.24, 2.45) is 0 Å². The molecule has 5 heteroatoms. The van der Waals surface area contributed by atoms with Gasteiger partial charge in [-0.2, -0.15) is 0 Å². The first-order valence-corrected chi connectivity index (χ1v) is 10.8. The third-order valence-electron chi connectivity index (χ3n) is 4.88. The number of hydrogen-bond acceptors (Lipinski definition) is 3. The molecule has 0 aliphatic carbocycles. The molecule has 3 aromatic rings. The van der Waals surface area contributed by atoms with Crippen molar-refractivity contribution < 1.29 is 9.53 Å². The van der Waals surface area contributed by atoms with E-state index in [1.807, 2.05) is 50.2 Å². The Bertz CT molecular complexity index is 1020. The molecule has 0 aliphatic rings. The molecule has 0 fully saturated rings. The van der Waals surface area contributed by atoms with E-state index < -0.39 is 0 Å². The zero-order chi connectivity index (χ0) is 21.5. The number of rotatable bonds is 8. The lowest BCUT2D eigenvalue weighted by molar-refractivity contribution is -0.118. The molecule has 0 radical (unpaired) electrons. The summed E-state index contributed by atoms with van der Waals surface area (Å²) in [5, 5.41) is 6.33. The van der Waals surface area contributed by atoms with Crippen LogP contribution in [0.2, 0.25) is 0 Å². The fourth-order valence-corrected chi connectivity index (χ4v) is 3.57. The number of nitrogens with one attached hydrogen (secondary N) is 2. The molecule has 0 saturated carbocycles. The minimum atomic E-state index is -0.183. The molecular formula is C25H27BrN2O2. The predicted molar refractivity (Wildman–Crippen MR) is 127 cm³/mol. The molecule has 3 aromatic carbocycles. The summed E-state index contributed by atoms with van der Waals surface area (Å²) in [6.07, 6.45) is 1.04. The van der Waals surface area contributed by atoms with E-state index in [4.69, 9.17) is 4.74 Å². The Balaban J connectivity index is 1.53. The van der Waals surface area contributed by atoms with E-state index in [9.17, 15) is 4.79 Å². The van der Waals surface area contributed by atoms with Gasteiger partial charge in [0.15, 0.2) is 6.61 Å². The van der Waals surface area contributed by atoms with Crippen LogP contribution in [0.1, 0.15) is 29.2 Å². The summed E-state index contributed by atoms with van der Waals surface area (Å²) in [5.41, 5.74) is 6.48. The summed E-state index contributed by atoms with van der Waals surface area (Å²) >= 11 is 3.55. The first-order valence-electron chi connectivity index (χ1n) is 10.1. The van der Waals surface area contributed by atoms with Gasteiger partial charge in [-0.3, -0.25) is 4.79 Å². The summed E-state index contributed by atoms with van der Waals surface area (Å²) in [6, 6.07) is 20.3. The van der Waals surface area contributed by atoms with E-state index in [1.165, 1.54) is 5.56 Å². The first-order chi connectivity index (χ1) is 14.4. The van der Waals surface area contributed by atoms with Crippen molar-refractivity contribution in [2.45, 2.75) is 33.7 Å². The van der Waals surface area contributed by atoms with Gasteiger partial charge in [0, 0.05) is 17.9 Å². The van der Waals surface area contributed by atoms with Crippen molar-refractivity contribution >= 4 is 33.2 Å². The summed E-state index contributed by atoms with van der Waals surface area (Å²) in [6.45, 7) is 6.78. The molecule has 0 aromatic heterocycles. The van der Waals surface area contributed by atoms with E-state index in [-0.39, 0.29) is 12.5 Å². The standard InChI is InChI=1S/C25H27BrN2O2/c1-4-19-7-10-21(11-8-19)27-15-20-9-12-24(22(26)14-20)30-16-25(29)28-23-13-17(2)5-6-18(23)3/h5-14,27H,4,15-16H2,1-3H3,(H,28,29). The number of ether oxygens (including phenoxy) is 1. The zero-order valence-electron chi connectivity index (χ0n) is 17.6. The lowest BCUT2D eigenvalue weighted by Crippen LogP contribution is -2.20. The minimum absolute atomic E-state index is 0.0483. The van der Waals surface area contributed by atoms with Crippen LogP contribution in [0.15, 0.2) is 65.1 Å². The summed E-state index contributed by atoms with van der Waals surface area (Å²) in [7, 11) is 0. The van der Waals surface area contributed by atoms with Crippen LogP contribution < -0.4 is 15.4 Å². The van der Waals surface area contributed by atoms with Crippen molar-refractivity contribution in [2.75, 3.05) is 17.2 Å². The summed E-state index contributed by atoms with van der Waals surface area (Å²) in [4.78, 5) is 12.3. The van der Waals surface area contributed by atoms with Gasteiger partial charge in [-0.05, 0) is 88.8 Å². The van der Waals surface area contributed by atoms with Crippen LogP contribution in [0, 0.1) is 13.8 Å². The Morgan fingerprint density at radius 3 is 2.40 bits per heavy atom. The molecule has 0 atom stereocenters. The SMILES string of the molecule is CCc1ccc(NCc2ccc(OCC(=O)Nc3cc(C)ccc3C)c(Br)c2)cc1. The second kappa shape index (κ2) is 10.3. The van der Waals surface area contributed by atoms with Gasteiger partial charge in [-0.1, -0.05) is 37.3 Å². The third-order valence-corrected chi connectivity index (χ3v) is 5.50. The van der Waals surface area contributed by atoms with Crippen molar-refractivity contribution in [3.8, 4) is 5.75 Å². The van der Waals surface area contributed by atoms with E-state index in [0.717, 1.165) is 39.0 Å². The highest BCUT2D eigenvalue weighted by atomic mass is 79.9. The second-order valence-electron chi connectivity index (χ2n) is 7.32. The van der Waals surface area contributed by atoms with Gasteiger partial charge in [-0.15, -0.1) is 0 Å². The number of carbonyl (C=O) groups excluding carboxylic acids is 1. The summed E-state index contributed by atoms with van der Waals surface area (Å²) < 4.78 is 6.53. The number of amides is 1. The van der Waals surface area contributed by atoms with Crippen LogP contribution in [0.5, 0.6) is 5.75 Å². The Kier molecular flexibility index (Phi) is 7.52. The fraction of sp³-hybridized carbons (Fsp3) is 0.240. The number of halogens is 1. The van der Waals surface area contributed by atoms with E-state index in [0.29, 0.717) is 12.3 Å².